The van der Waals surface area contributed by atoms with Crippen molar-refractivity contribution in [2.24, 2.45) is 23.2 Å². The summed E-state index contributed by atoms with van der Waals surface area (Å²) in [7, 11) is 0. The lowest BCUT2D eigenvalue weighted by atomic mass is 9.85. The molecule has 3 rings (SSSR count). The van der Waals surface area contributed by atoms with Gasteiger partial charge in [-0.15, -0.1) is 6.58 Å². The molecule has 0 bridgehead atoms. The molecule has 3 saturated carbocycles. The minimum atomic E-state index is 0.477. The van der Waals surface area contributed by atoms with Gasteiger partial charge in [-0.05, 0) is 42.9 Å². The van der Waals surface area contributed by atoms with Gasteiger partial charge < -0.3 is 0 Å². The van der Waals surface area contributed by atoms with Crippen LogP contribution in [0.5, 0.6) is 0 Å². The number of carbonyl (C=O) groups is 1. The van der Waals surface area contributed by atoms with E-state index in [9.17, 15) is 4.79 Å². The van der Waals surface area contributed by atoms with Crippen molar-refractivity contribution in [3.8, 4) is 0 Å². The van der Waals surface area contributed by atoms with E-state index in [4.69, 9.17) is 0 Å². The van der Waals surface area contributed by atoms with E-state index in [0.29, 0.717) is 17.1 Å². The van der Waals surface area contributed by atoms with Crippen molar-refractivity contribution in [3.05, 3.63) is 12.7 Å². The van der Waals surface area contributed by atoms with Crippen molar-refractivity contribution in [1.82, 2.24) is 0 Å². The second-order valence-electron chi connectivity index (χ2n) is 5.04. The zero-order valence-electron chi connectivity index (χ0n) is 7.96. The maximum absolute atomic E-state index is 11.5. The summed E-state index contributed by atoms with van der Waals surface area (Å²) in [6, 6.07) is 0. The molecule has 0 aromatic heterocycles. The Hall–Kier alpha value is -0.590. The fourth-order valence-electron chi connectivity index (χ4n) is 4.10. The van der Waals surface area contributed by atoms with Crippen LogP contribution in [-0.4, -0.2) is 5.78 Å². The van der Waals surface area contributed by atoms with Crippen LogP contribution in [0.15, 0.2) is 12.7 Å². The normalized spacial score (nSPS) is 51.7. The number of rotatable bonds is 2. The average molecular weight is 176 g/mol. The highest BCUT2D eigenvalue weighted by Crippen LogP contribution is 2.74. The van der Waals surface area contributed by atoms with Gasteiger partial charge >= 0.3 is 0 Å². The quantitative estimate of drug-likeness (QED) is 0.591. The lowest BCUT2D eigenvalue weighted by molar-refractivity contribution is -0.119. The number of ketones is 1. The van der Waals surface area contributed by atoms with E-state index >= 15 is 0 Å². The largest absolute Gasteiger partial charge is 0.299 e. The fourth-order valence-corrected chi connectivity index (χ4v) is 4.10. The van der Waals surface area contributed by atoms with Crippen molar-refractivity contribution in [1.29, 1.82) is 0 Å². The first-order valence-electron chi connectivity index (χ1n) is 5.42. The Morgan fingerprint density at radius 1 is 1.54 bits per heavy atom. The molecule has 0 aromatic carbocycles. The molecule has 0 aliphatic heterocycles. The van der Waals surface area contributed by atoms with Crippen LogP contribution in [0.4, 0.5) is 0 Å². The highest BCUT2D eigenvalue weighted by molar-refractivity contribution is 5.88. The first-order valence-corrected chi connectivity index (χ1v) is 5.42. The number of Topliss-reactive ketones (excluding diaryl/α,β-unsaturated/α-hetero) is 1. The zero-order chi connectivity index (χ0) is 9.05. The third kappa shape index (κ3) is 0.762. The van der Waals surface area contributed by atoms with Crippen LogP contribution in [0, 0.1) is 23.2 Å². The van der Waals surface area contributed by atoms with Gasteiger partial charge in [0.25, 0.3) is 0 Å². The molecule has 3 aliphatic rings. The Balaban J connectivity index is 1.89. The van der Waals surface area contributed by atoms with E-state index < -0.39 is 0 Å². The molecule has 0 saturated heterocycles. The van der Waals surface area contributed by atoms with Crippen LogP contribution < -0.4 is 0 Å². The first kappa shape index (κ1) is 7.78. The molecule has 1 spiro atoms. The summed E-state index contributed by atoms with van der Waals surface area (Å²) >= 11 is 0. The molecule has 70 valence electrons. The number of allylic oxidation sites excluding steroid dienone is 1. The second-order valence-corrected chi connectivity index (χ2v) is 5.04. The first-order chi connectivity index (χ1) is 6.29. The molecule has 0 amide bonds. The summed E-state index contributed by atoms with van der Waals surface area (Å²) in [5.41, 5.74) is 0.491. The van der Waals surface area contributed by atoms with Gasteiger partial charge in [0.1, 0.15) is 5.78 Å². The summed E-state index contributed by atoms with van der Waals surface area (Å²) in [5, 5.41) is 0. The van der Waals surface area contributed by atoms with Crippen LogP contribution in [-0.2, 0) is 4.79 Å². The van der Waals surface area contributed by atoms with E-state index in [0.717, 1.165) is 24.7 Å². The Labute approximate surface area is 79.2 Å². The smallest absolute Gasteiger partial charge is 0.136 e. The van der Waals surface area contributed by atoms with Crippen molar-refractivity contribution in [2.45, 2.75) is 32.1 Å². The molecule has 0 radical (unpaired) electrons. The van der Waals surface area contributed by atoms with Crippen LogP contribution in [0.1, 0.15) is 32.1 Å². The molecule has 3 aliphatic carbocycles. The number of hydrogen-bond acceptors (Lipinski definition) is 1. The van der Waals surface area contributed by atoms with Gasteiger partial charge in [0.2, 0.25) is 0 Å². The predicted octanol–water partition coefficient (Wildman–Crippen LogP) is 2.57. The van der Waals surface area contributed by atoms with E-state index in [2.05, 4.69) is 6.58 Å². The third-order valence-electron chi connectivity index (χ3n) is 4.72. The molecular weight excluding hydrogens is 160 g/mol. The van der Waals surface area contributed by atoms with Gasteiger partial charge in [-0.3, -0.25) is 4.79 Å². The third-order valence-corrected chi connectivity index (χ3v) is 4.72. The summed E-state index contributed by atoms with van der Waals surface area (Å²) in [6.45, 7) is 3.82. The predicted molar refractivity (Wildman–Crippen MR) is 51.2 cm³/mol. The van der Waals surface area contributed by atoms with Crippen LogP contribution >= 0.6 is 0 Å². The monoisotopic (exact) mass is 176 g/mol. The molecule has 3 fully saturated rings. The minimum absolute atomic E-state index is 0.477. The van der Waals surface area contributed by atoms with Gasteiger partial charge in [0.05, 0.1) is 0 Å². The lowest BCUT2D eigenvalue weighted by Gasteiger charge is -2.19. The SMILES string of the molecule is C=CC[C@@H]1CC[C@H]2CC(=O)[C@@H]3C[C@]123. The van der Waals surface area contributed by atoms with E-state index in [1.54, 1.807) is 0 Å². The molecule has 0 N–H and O–H groups in total. The topological polar surface area (TPSA) is 17.1 Å². The van der Waals surface area contributed by atoms with Crippen molar-refractivity contribution >= 4 is 5.78 Å². The Kier molecular flexibility index (Phi) is 1.35. The summed E-state index contributed by atoms with van der Waals surface area (Å²) in [5.74, 6) is 2.60. The van der Waals surface area contributed by atoms with Crippen LogP contribution in [0.25, 0.3) is 0 Å². The Bertz CT molecular complexity index is 281. The van der Waals surface area contributed by atoms with Gasteiger partial charge in [0.15, 0.2) is 0 Å². The average Bonchev–Trinajstić information content (AvgIpc) is 2.68. The van der Waals surface area contributed by atoms with Crippen molar-refractivity contribution < 1.29 is 4.79 Å². The number of carbonyl (C=O) groups excluding carboxylic acids is 1. The van der Waals surface area contributed by atoms with E-state index in [1.165, 1.54) is 19.3 Å². The summed E-state index contributed by atoms with van der Waals surface area (Å²) in [4.78, 5) is 11.5. The molecular formula is C12H16O. The molecule has 0 aromatic rings. The molecule has 1 heteroatoms. The molecule has 4 atom stereocenters. The second kappa shape index (κ2) is 2.26. The molecule has 0 heterocycles. The lowest BCUT2D eigenvalue weighted by Crippen LogP contribution is -2.13. The maximum Gasteiger partial charge on any atom is 0.136 e. The minimum Gasteiger partial charge on any atom is -0.299 e. The van der Waals surface area contributed by atoms with E-state index in [-0.39, 0.29) is 0 Å². The van der Waals surface area contributed by atoms with Crippen LogP contribution in [0.2, 0.25) is 0 Å². The van der Waals surface area contributed by atoms with Gasteiger partial charge in [-0.25, -0.2) is 0 Å². The van der Waals surface area contributed by atoms with Gasteiger partial charge in [-0.2, -0.15) is 0 Å². The van der Waals surface area contributed by atoms with E-state index in [1.807, 2.05) is 6.08 Å². The fraction of sp³-hybridized carbons (Fsp3) is 0.750. The summed E-state index contributed by atoms with van der Waals surface area (Å²) in [6.07, 6.45) is 7.95. The molecule has 0 unspecified atom stereocenters. The summed E-state index contributed by atoms with van der Waals surface area (Å²) < 4.78 is 0. The molecule has 13 heavy (non-hydrogen) atoms. The standard InChI is InChI=1S/C12H16O/c1-2-3-8-4-5-9-6-11(13)10-7-12(8,9)10/h2,8-10H,1,3-7H2/t8-,9+,10+,12+/m1/s1. The van der Waals surface area contributed by atoms with Gasteiger partial charge in [-0.1, -0.05) is 6.08 Å². The molecule has 1 nitrogen and oxygen atoms in total. The van der Waals surface area contributed by atoms with Crippen LogP contribution in [0.3, 0.4) is 0 Å². The van der Waals surface area contributed by atoms with Gasteiger partial charge in [0, 0.05) is 12.3 Å². The van der Waals surface area contributed by atoms with Crippen molar-refractivity contribution in [3.63, 3.8) is 0 Å². The van der Waals surface area contributed by atoms with Crippen molar-refractivity contribution in [2.75, 3.05) is 0 Å². The maximum atomic E-state index is 11.5. The zero-order valence-corrected chi connectivity index (χ0v) is 7.96. The highest BCUT2D eigenvalue weighted by Gasteiger charge is 2.71. The Morgan fingerprint density at radius 2 is 2.38 bits per heavy atom. The number of hydrogen-bond donors (Lipinski definition) is 0. The Morgan fingerprint density at radius 3 is 3.08 bits per heavy atom. The highest BCUT2D eigenvalue weighted by atomic mass is 16.1.